The topological polar surface area (TPSA) is 33.0 Å². The van der Waals surface area contributed by atoms with E-state index in [9.17, 15) is 4.79 Å². The van der Waals surface area contributed by atoms with Crippen LogP contribution in [-0.4, -0.2) is 5.91 Å². The Morgan fingerprint density at radius 2 is 1.62 bits per heavy atom. The second-order valence-corrected chi connectivity index (χ2v) is 5.18. The Morgan fingerprint density at radius 1 is 1.05 bits per heavy atom. The Labute approximate surface area is 136 Å². The second kappa shape index (κ2) is 7.93. The van der Waals surface area contributed by atoms with E-state index in [1.807, 2.05) is 61.1 Å². The highest BCUT2D eigenvalue weighted by molar-refractivity contribution is 5.92. The van der Waals surface area contributed by atoms with Crippen LogP contribution in [0, 0.1) is 20.8 Å². The van der Waals surface area contributed by atoms with Gasteiger partial charge in [-0.25, -0.2) is 4.57 Å². The molecule has 1 aromatic heterocycles. The minimum Gasteiger partial charge on any atom is -1.00 e. The van der Waals surface area contributed by atoms with Crippen molar-refractivity contribution in [2.24, 2.45) is 0 Å². The van der Waals surface area contributed by atoms with Crippen LogP contribution in [0.4, 0.5) is 5.69 Å². The van der Waals surface area contributed by atoms with E-state index < -0.39 is 0 Å². The summed E-state index contributed by atoms with van der Waals surface area (Å²) >= 11 is 0. The van der Waals surface area contributed by atoms with Crippen LogP contribution in [0.2, 0.25) is 0 Å². The molecule has 3 nitrogen and oxygen atoms in total. The first-order valence-corrected chi connectivity index (χ1v) is 6.88. The molecule has 21 heavy (non-hydrogen) atoms. The Kier molecular flexibility index (Phi) is 6.56. The minimum absolute atomic E-state index is 0. The highest BCUT2D eigenvalue weighted by Gasteiger charge is 2.09. The van der Waals surface area contributed by atoms with Crippen molar-refractivity contribution in [3.05, 3.63) is 59.4 Å². The molecule has 0 atom stereocenters. The Bertz CT molecular complexity index is 588. The van der Waals surface area contributed by atoms with E-state index in [0.29, 0.717) is 13.0 Å². The van der Waals surface area contributed by atoms with E-state index in [1.54, 1.807) is 0 Å². The summed E-state index contributed by atoms with van der Waals surface area (Å²) in [6, 6.07) is 10.1. The maximum absolute atomic E-state index is 12.0. The first-order valence-electron chi connectivity index (χ1n) is 6.88. The third-order valence-corrected chi connectivity index (χ3v) is 3.40. The predicted octanol–water partition coefficient (Wildman–Crippen LogP) is -0.0678. The molecule has 1 amide bonds. The Hall–Kier alpha value is -1.68. The molecular weight excluding hydrogens is 328 g/mol. The Morgan fingerprint density at radius 3 is 2.19 bits per heavy atom. The van der Waals surface area contributed by atoms with Crippen molar-refractivity contribution in [3.8, 4) is 0 Å². The van der Waals surface area contributed by atoms with Crippen molar-refractivity contribution in [1.29, 1.82) is 0 Å². The van der Waals surface area contributed by atoms with Gasteiger partial charge in [-0.2, -0.15) is 0 Å². The number of pyridine rings is 1. The highest BCUT2D eigenvalue weighted by Crippen LogP contribution is 2.19. The molecule has 0 radical (unpaired) electrons. The third-order valence-electron chi connectivity index (χ3n) is 3.40. The fraction of sp³-hybridized carbons (Fsp3) is 0.294. The third kappa shape index (κ3) is 4.97. The van der Waals surface area contributed by atoms with Gasteiger partial charge in [0.05, 0.1) is 6.42 Å². The van der Waals surface area contributed by atoms with E-state index >= 15 is 0 Å². The molecule has 2 rings (SSSR count). The van der Waals surface area contributed by atoms with E-state index in [1.165, 1.54) is 5.56 Å². The highest BCUT2D eigenvalue weighted by atomic mass is 79.9. The van der Waals surface area contributed by atoms with Gasteiger partial charge in [0.25, 0.3) is 0 Å². The number of rotatable bonds is 4. The standard InChI is InChI=1S/C17H20N2O.BrH/c1-13-7-10-19(11-8-13)12-9-16(20)18-17-14(2)5-4-6-15(17)3;/h4-8,10-11H,9,12H2,1-3H3;1H. The Balaban J connectivity index is 0.00000220. The molecule has 0 aliphatic rings. The molecule has 0 unspecified atom stereocenters. The molecule has 112 valence electrons. The molecule has 0 saturated carbocycles. The number of carbonyl (C=O) groups excluding carboxylic acids is 1. The lowest BCUT2D eigenvalue weighted by Crippen LogP contribution is -3.00. The molecule has 0 bridgehead atoms. The summed E-state index contributed by atoms with van der Waals surface area (Å²) in [6.45, 7) is 6.77. The van der Waals surface area contributed by atoms with E-state index in [-0.39, 0.29) is 22.9 Å². The number of nitrogens with zero attached hydrogens (tertiary/aromatic N) is 1. The minimum atomic E-state index is 0. The summed E-state index contributed by atoms with van der Waals surface area (Å²) in [6.07, 6.45) is 4.48. The maximum atomic E-state index is 12.0. The van der Waals surface area contributed by atoms with Crippen molar-refractivity contribution < 1.29 is 26.3 Å². The fourth-order valence-corrected chi connectivity index (χ4v) is 2.13. The zero-order valence-electron chi connectivity index (χ0n) is 12.7. The summed E-state index contributed by atoms with van der Waals surface area (Å²) in [5.41, 5.74) is 4.36. The molecule has 2 aromatic rings. The summed E-state index contributed by atoms with van der Waals surface area (Å²) in [7, 11) is 0. The summed E-state index contributed by atoms with van der Waals surface area (Å²) in [5, 5.41) is 3.01. The van der Waals surface area contributed by atoms with Crippen LogP contribution in [0.1, 0.15) is 23.1 Å². The predicted molar refractivity (Wildman–Crippen MR) is 80.5 cm³/mol. The van der Waals surface area contributed by atoms with Crippen LogP contribution in [0.3, 0.4) is 0 Å². The zero-order chi connectivity index (χ0) is 14.5. The number of aryl methyl sites for hydroxylation is 4. The van der Waals surface area contributed by atoms with Crippen molar-refractivity contribution in [3.63, 3.8) is 0 Å². The monoisotopic (exact) mass is 348 g/mol. The molecule has 0 fully saturated rings. The lowest BCUT2D eigenvalue weighted by atomic mass is 10.1. The number of para-hydroxylation sites is 1. The van der Waals surface area contributed by atoms with Gasteiger partial charge in [-0.3, -0.25) is 4.79 Å². The SMILES string of the molecule is Cc1cc[n+](CCC(=O)Nc2c(C)cccc2C)cc1.[Br-]. The second-order valence-electron chi connectivity index (χ2n) is 5.18. The summed E-state index contributed by atoms with van der Waals surface area (Å²) in [4.78, 5) is 12.0. The normalized spacial score (nSPS) is 9.86. The largest absolute Gasteiger partial charge is 1.00 e. The van der Waals surface area contributed by atoms with Crippen LogP contribution in [0.5, 0.6) is 0 Å². The number of anilines is 1. The molecule has 1 heterocycles. The summed E-state index contributed by atoms with van der Waals surface area (Å²) in [5.74, 6) is 0.0514. The number of carbonyl (C=O) groups is 1. The first kappa shape index (κ1) is 17.4. The van der Waals surface area contributed by atoms with Gasteiger partial charge >= 0.3 is 0 Å². The van der Waals surface area contributed by atoms with E-state index in [2.05, 4.69) is 12.2 Å². The van der Waals surface area contributed by atoms with Gasteiger partial charge in [0.1, 0.15) is 0 Å². The van der Waals surface area contributed by atoms with Crippen LogP contribution in [0.25, 0.3) is 0 Å². The number of amides is 1. The lowest BCUT2D eigenvalue weighted by Gasteiger charge is -2.10. The molecule has 0 aliphatic heterocycles. The molecular formula is C17H21BrN2O. The van der Waals surface area contributed by atoms with Crippen molar-refractivity contribution in [2.45, 2.75) is 33.7 Å². The quantitative estimate of drug-likeness (QED) is 0.771. The average Bonchev–Trinajstić information content (AvgIpc) is 2.42. The molecule has 1 aromatic carbocycles. The van der Waals surface area contributed by atoms with Gasteiger partial charge in [-0.05, 0) is 37.5 Å². The smallest absolute Gasteiger partial charge is 0.230 e. The number of nitrogens with one attached hydrogen (secondary N) is 1. The molecule has 0 spiro atoms. The van der Waals surface area contributed by atoms with Crippen LogP contribution >= 0.6 is 0 Å². The number of halogens is 1. The molecule has 0 saturated heterocycles. The summed E-state index contributed by atoms with van der Waals surface area (Å²) < 4.78 is 2.03. The van der Waals surface area contributed by atoms with Gasteiger partial charge < -0.3 is 22.3 Å². The maximum Gasteiger partial charge on any atom is 0.230 e. The molecule has 1 N–H and O–H groups in total. The number of hydrogen-bond acceptors (Lipinski definition) is 1. The van der Waals surface area contributed by atoms with Gasteiger partial charge in [-0.15, -0.1) is 0 Å². The first-order chi connectivity index (χ1) is 9.56. The van der Waals surface area contributed by atoms with Crippen LogP contribution in [-0.2, 0) is 11.3 Å². The van der Waals surface area contributed by atoms with Crippen molar-refractivity contribution >= 4 is 11.6 Å². The number of hydrogen-bond donors (Lipinski definition) is 1. The van der Waals surface area contributed by atoms with Crippen molar-refractivity contribution in [1.82, 2.24) is 0 Å². The van der Waals surface area contributed by atoms with Gasteiger partial charge in [0.2, 0.25) is 5.91 Å². The number of aromatic nitrogens is 1. The molecule has 0 aliphatic carbocycles. The molecule has 4 heteroatoms. The lowest BCUT2D eigenvalue weighted by molar-refractivity contribution is -0.695. The number of benzene rings is 1. The average molecular weight is 349 g/mol. The zero-order valence-corrected chi connectivity index (χ0v) is 14.3. The van der Waals surface area contributed by atoms with Gasteiger partial charge in [0, 0.05) is 17.8 Å². The van der Waals surface area contributed by atoms with Crippen molar-refractivity contribution in [2.75, 3.05) is 5.32 Å². The van der Waals surface area contributed by atoms with Gasteiger partial charge in [0.15, 0.2) is 18.9 Å². The van der Waals surface area contributed by atoms with Gasteiger partial charge in [-0.1, -0.05) is 18.2 Å². The van der Waals surface area contributed by atoms with E-state index in [4.69, 9.17) is 0 Å². The van der Waals surface area contributed by atoms with E-state index in [0.717, 1.165) is 16.8 Å². The fourth-order valence-electron chi connectivity index (χ4n) is 2.13. The van der Waals surface area contributed by atoms with Crippen LogP contribution < -0.4 is 26.9 Å². The van der Waals surface area contributed by atoms with Crippen LogP contribution in [0.15, 0.2) is 42.7 Å².